The molecule has 2 aromatic carbocycles. The first-order chi connectivity index (χ1) is 13.6. The lowest BCUT2D eigenvalue weighted by atomic mass is 10.1. The highest BCUT2D eigenvalue weighted by Gasteiger charge is 2.23. The molecule has 0 aromatic heterocycles. The fourth-order valence-electron chi connectivity index (χ4n) is 2.97. The Balaban J connectivity index is 1.44. The van der Waals surface area contributed by atoms with Gasteiger partial charge >= 0.3 is 0 Å². The summed E-state index contributed by atoms with van der Waals surface area (Å²) in [5, 5.41) is 5.69. The molecule has 4 rings (SSSR count). The Bertz CT molecular complexity index is 900. The number of hydrogen-bond acceptors (Lipinski definition) is 6. The van der Waals surface area contributed by atoms with Gasteiger partial charge in [0.05, 0.1) is 24.2 Å². The van der Waals surface area contributed by atoms with E-state index in [4.69, 9.17) is 4.74 Å². The number of benzene rings is 2. The first-order valence-electron chi connectivity index (χ1n) is 9.12. The van der Waals surface area contributed by atoms with Crippen molar-refractivity contribution in [3.8, 4) is 0 Å². The number of carbonyl (C=O) groups excluding carboxylic acids is 2. The molecule has 2 aliphatic rings. The van der Waals surface area contributed by atoms with Crippen LogP contribution in [0.1, 0.15) is 17.3 Å². The van der Waals surface area contributed by atoms with Gasteiger partial charge in [-0.3, -0.25) is 9.59 Å². The van der Waals surface area contributed by atoms with Crippen LogP contribution in [0.4, 0.5) is 11.4 Å². The van der Waals surface area contributed by atoms with Crippen LogP contribution in [-0.2, 0) is 9.53 Å². The van der Waals surface area contributed by atoms with Gasteiger partial charge in [0.2, 0.25) is 5.91 Å². The average molecular weight is 416 g/mol. The smallest absolute Gasteiger partial charge is 0.255 e. The largest absolute Gasteiger partial charge is 0.379 e. The summed E-state index contributed by atoms with van der Waals surface area (Å²) in [6, 6.07) is 13.2. The number of fused-ring (bicyclic) bond motifs is 1. The first-order valence-corrected chi connectivity index (χ1v) is 10.8. The highest BCUT2D eigenvalue weighted by molar-refractivity contribution is 8.01. The zero-order valence-corrected chi connectivity index (χ0v) is 17.1. The zero-order valence-electron chi connectivity index (χ0n) is 15.4. The Morgan fingerprint density at radius 2 is 2.07 bits per heavy atom. The van der Waals surface area contributed by atoms with E-state index < -0.39 is 0 Å². The van der Waals surface area contributed by atoms with Crippen molar-refractivity contribution < 1.29 is 14.3 Å². The van der Waals surface area contributed by atoms with E-state index in [0.29, 0.717) is 11.3 Å². The van der Waals surface area contributed by atoms with Gasteiger partial charge in [-0.25, -0.2) is 4.31 Å². The summed E-state index contributed by atoms with van der Waals surface area (Å²) in [4.78, 5) is 26.6. The Morgan fingerprint density at radius 1 is 1.25 bits per heavy atom. The van der Waals surface area contributed by atoms with Crippen LogP contribution in [0.2, 0.25) is 0 Å². The van der Waals surface area contributed by atoms with E-state index >= 15 is 0 Å². The minimum atomic E-state index is -0.200. The predicted octanol–water partition coefficient (Wildman–Crippen LogP) is 3.71. The Hall–Kier alpha value is -2.00. The number of morpholine rings is 1. The lowest BCUT2D eigenvalue weighted by Crippen LogP contribution is -2.30. The minimum Gasteiger partial charge on any atom is -0.379 e. The van der Waals surface area contributed by atoms with Crippen molar-refractivity contribution in [3.05, 3.63) is 48.0 Å². The molecule has 1 atom stereocenters. The van der Waals surface area contributed by atoms with Crippen LogP contribution in [0.25, 0.3) is 0 Å². The highest BCUT2D eigenvalue weighted by atomic mass is 32.2. The fraction of sp³-hybridized carbons (Fsp3) is 0.300. The molecule has 28 heavy (non-hydrogen) atoms. The van der Waals surface area contributed by atoms with Gasteiger partial charge in [0.1, 0.15) is 0 Å². The lowest BCUT2D eigenvalue weighted by Gasteiger charge is -2.25. The van der Waals surface area contributed by atoms with Crippen molar-refractivity contribution in [1.29, 1.82) is 0 Å². The molecule has 2 aliphatic heterocycles. The second-order valence-corrected chi connectivity index (χ2v) is 9.13. The van der Waals surface area contributed by atoms with Gasteiger partial charge in [0.25, 0.3) is 5.91 Å². The molecule has 146 valence electrons. The molecular formula is C20H21N3O3S2. The maximum atomic E-state index is 12.7. The van der Waals surface area contributed by atoms with Crippen molar-refractivity contribution >= 4 is 46.9 Å². The monoisotopic (exact) mass is 415 g/mol. The van der Waals surface area contributed by atoms with Crippen LogP contribution in [0, 0.1) is 0 Å². The van der Waals surface area contributed by atoms with E-state index in [0.717, 1.165) is 41.8 Å². The van der Waals surface area contributed by atoms with E-state index in [9.17, 15) is 9.59 Å². The number of thioether (sulfide) groups is 1. The van der Waals surface area contributed by atoms with Gasteiger partial charge < -0.3 is 15.4 Å². The lowest BCUT2D eigenvalue weighted by molar-refractivity contribution is -0.115. The van der Waals surface area contributed by atoms with Gasteiger partial charge in [-0.1, -0.05) is 6.07 Å². The summed E-state index contributed by atoms with van der Waals surface area (Å²) in [6.45, 7) is 5.13. The maximum Gasteiger partial charge on any atom is 0.255 e. The molecule has 1 fully saturated rings. The van der Waals surface area contributed by atoms with Crippen LogP contribution >= 0.6 is 23.7 Å². The third-order valence-corrected chi connectivity index (χ3v) is 6.73. The summed E-state index contributed by atoms with van der Waals surface area (Å²) >= 11 is 3.18. The fourth-order valence-corrected chi connectivity index (χ4v) is 4.85. The molecule has 8 heteroatoms. The molecule has 0 unspecified atom stereocenters. The molecule has 0 bridgehead atoms. The molecule has 0 radical (unpaired) electrons. The number of nitrogens with one attached hydrogen (secondary N) is 2. The quantitative estimate of drug-likeness (QED) is 0.742. The van der Waals surface area contributed by atoms with E-state index in [1.54, 1.807) is 24.1 Å². The standard InChI is InChI=1S/C20H21N3O3S2/c1-13-19(24)22-17-11-14(5-6-18(17)27-13)20(25)21-15-3-2-4-16(12-15)28-23-7-9-26-10-8-23/h2-6,11-13H,7-10H2,1H3,(H,21,25)(H,22,24)/t13-/m1/s1. The van der Waals surface area contributed by atoms with Gasteiger partial charge in [-0.05, 0) is 55.3 Å². The van der Waals surface area contributed by atoms with Crippen LogP contribution in [0.3, 0.4) is 0 Å². The summed E-state index contributed by atoms with van der Waals surface area (Å²) in [6.07, 6.45) is 0. The van der Waals surface area contributed by atoms with E-state index in [-0.39, 0.29) is 17.1 Å². The summed E-state index contributed by atoms with van der Waals surface area (Å²) in [7, 11) is 0. The van der Waals surface area contributed by atoms with Crippen LogP contribution in [-0.4, -0.2) is 47.7 Å². The van der Waals surface area contributed by atoms with Gasteiger partial charge in [0, 0.05) is 34.1 Å². The molecule has 0 spiro atoms. The Kier molecular flexibility index (Phi) is 5.91. The summed E-state index contributed by atoms with van der Waals surface area (Å²) in [5.41, 5.74) is 1.95. The summed E-state index contributed by atoms with van der Waals surface area (Å²) < 4.78 is 7.63. The van der Waals surface area contributed by atoms with E-state index in [1.165, 1.54) is 11.8 Å². The highest BCUT2D eigenvalue weighted by Crippen LogP contribution is 2.36. The van der Waals surface area contributed by atoms with Crippen LogP contribution in [0.5, 0.6) is 0 Å². The average Bonchev–Trinajstić information content (AvgIpc) is 2.69. The van der Waals surface area contributed by atoms with Crippen molar-refractivity contribution in [2.75, 3.05) is 36.9 Å². The molecule has 2 amide bonds. The Labute approximate surface area is 172 Å². The maximum absolute atomic E-state index is 12.7. The van der Waals surface area contributed by atoms with Crippen molar-refractivity contribution in [1.82, 2.24) is 4.31 Å². The van der Waals surface area contributed by atoms with E-state index in [1.807, 2.05) is 37.3 Å². The molecule has 2 N–H and O–H groups in total. The van der Waals surface area contributed by atoms with Gasteiger partial charge in [0.15, 0.2) is 0 Å². The predicted molar refractivity (Wildman–Crippen MR) is 113 cm³/mol. The molecule has 1 saturated heterocycles. The summed E-state index contributed by atoms with van der Waals surface area (Å²) in [5.74, 6) is -0.239. The number of rotatable bonds is 4. The van der Waals surface area contributed by atoms with Crippen molar-refractivity contribution in [3.63, 3.8) is 0 Å². The molecule has 2 heterocycles. The first kappa shape index (κ1) is 19.3. The molecule has 0 saturated carbocycles. The van der Waals surface area contributed by atoms with Crippen molar-refractivity contribution in [2.24, 2.45) is 0 Å². The number of hydrogen-bond donors (Lipinski definition) is 2. The number of ether oxygens (including phenoxy) is 1. The second-order valence-electron chi connectivity index (χ2n) is 6.57. The van der Waals surface area contributed by atoms with Crippen LogP contribution < -0.4 is 10.6 Å². The number of amides is 2. The second kappa shape index (κ2) is 8.57. The topological polar surface area (TPSA) is 70.7 Å². The molecule has 6 nitrogen and oxygen atoms in total. The van der Waals surface area contributed by atoms with E-state index in [2.05, 4.69) is 14.9 Å². The molecule has 0 aliphatic carbocycles. The normalized spacial score (nSPS) is 19.6. The zero-order chi connectivity index (χ0) is 19.5. The third kappa shape index (κ3) is 4.52. The van der Waals surface area contributed by atoms with Crippen LogP contribution in [0.15, 0.2) is 52.3 Å². The Morgan fingerprint density at radius 3 is 2.89 bits per heavy atom. The minimum absolute atomic E-state index is 0.0390. The number of carbonyl (C=O) groups is 2. The molecular weight excluding hydrogens is 394 g/mol. The van der Waals surface area contributed by atoms with Crippen molar-refractivity contribution in [2.45, 2.75) is 22.0 Å². The molecule has 2 aromatic rings. The van der Waals surface area contributed by atoms with Gasteiger partial charge in [-0.2, -0.15) is 0 Å². The number of anilines is 2. The van der Waals surface area contributed by atoms with Gasteiger partial charge in [-0.15, -0.1) is 11.8 Å². The SMILES string of the molecule is C[C@H]1Sc2ccc(C(=O)Nc3cccc(SN4CCOCC4)c3)cc2NC1=O. The number of nitrogens with zero attached hydrogens (tertiary/aromatic N) is 1. The third-order valence-electron chi connectivity index (χ3n) is 4.47.